The Labute approximate surface area is 159 Å². The first-order chi connectivity index (χ1) is 13.3. The molecule has 3 rings (SSSR count). The summed E-state index contributed by atoms with van der Waals surface area (Å²) in [7, 11) is 0. The average molecular weight is 389 g/mol. The number of aryl methyl sites for hydroxylation is 1. The van der Waals surface area contributed by atoms with Crippen LogP contribution in [0.3, 0.4) is 0 Å². The molecule has 7 heteroatoms. The van der Waals surface area contributed by atoms with E-state index in [1.807, 2.05) is 36.4 Å². The summed E-state index contributed by atoms with van der Waals surface area (Å²) in [6.45, 7) is -0.00722. The van der Waals surface area contributed by atoms with Crippen molar-refractivity contribution in [1.82, 2.24) is 0 Å². The topological polar surface area (TPSA) is 47.6 Å². The van der Waals surface area contributed by atoms with Gasteiger partial charge in [0.25, 0.3) is 5.91 Å². The Hall–Kier alpha value is -3.22. The van der Waals surface area contributed by atoms with Crippen molar-refractivity contribution >= 4 is 22.4 Å². The minimum Gasteiger partial charge on any atom is -0.484 e. The van der Waals surface area contributed by atoms with Crippen LogP contribution in [0.4, 0.5) is 18.9 Å². The van der Waals surface area contributed by atoms with E-state index in [9.17, 15) is 18.0 Å². The SMILES string of the molecule is Cc1ccc(NC(=O)COc2ccc3ccccc3c2)c(OCC(F)(F)F)c1. The maximum atomic E-state index is 12.4. The van der Waals surface area contributed by atoms with Crippen LogP contribution in [-0.4, -0.2) is 25.3 Å². The molecule has 0 atom stereocenters. The number of hydrogen-bond acceptors (Lipinski definition) is 3. The third kappa shape index (κ3) is 5.39. The van der Waals surface area contributed by atoms with Crippen LogP contribution in [-0.2, 0) is 4.79 Å². The molecule has 3 aromatic carbocycles. The highest BCUT2D eigenvalue weighted by molar-refractivity contribution is 5.93. The molecule has 0 aliphatic rings. The van der Waals surface area contributed by atoms with Gasteiger partial charge in [0.15, 0.2) is 13.2 Å². The number of halogens is 3. The highest BCUT2D eigenvalue weighted by Crippen LogP contribution is 2.28. The number of ether oxygens (including phenoxy) is 2. The quantitative estimate of drug-likeness (QED) is 0.638. The molecule has 0 heterocycles. The molecule has 0 radical (unpaired) electrons. The second-order valence-corrected chi connectivity index (χ2v) is 6.25. The van der Waals surface area contributed by atoms with Gasteiger partial charge in [-0.25, -0.2) is 0 Å². The lowest BCUT2D eigenvalue weighted by molar-refractivity contribution is -0.153. The highest BCUT2D eigenvalue weighted by atomic mass is 19.4. The zero-order chi connectivity index (χ0) is 20.1. The number of carbonyl (C=O) groups excluding carboxylic acids is 1. The van der Waals surface area contributed by atoms with Crippen molar-refractivity contribution in [1.29, 1.82) is 0 Å². The maximum absolute atomic E-state index is 12.4. The third-order valence-corrected chi connectivity index (χ3v) is 3.89. The molecule has 0 aromatic heterocycles. The smallest absolute Gasteiger partial charge is 0.422 e. The molecule has 1 N–H and O–H groups in total. The van der Waals surface area contributed by atoms with Gasteiger partial charge in [-0.3, -0.25) is 4.79 Å². The van der Waals surface area contributed by atoms with Crippen molar-refractivity contribution in [2.75, 3.05) is 18.5 Å². The number of amides is 1. The molecule has 1 amide bonds. The largest absolute Gasteiger partial charge is 0.484 e. The van der Waals surface area contributed by atoms with E-state index in [-0.39, 0.29) is 18.0 Å². The summed E-state index contributed by atoms with van der Waals surface area (Å²) in [5.41, 5.74) is 0.865. The monoisotopic (exact) mass is 389 g/mol. The normalized spacial score (nSPS) is 11.3. The second kappa shape index (κ2) is 8.21. The number of carbonyl (C=O) groups is 1. The van der Waals surface area contributed by atoms with Crippen LogP contribution in [0.5, 0.6) is 11.5 Å². The number of fused-ring (bicyclic) bond motifs is 1. The first-order valence-corrected chi connectivity index (χ1v) is 8.52. The van der Waals surface area contributed by atoms with Gasteiger partial charge >= 0.3 is 6.18 Å². The second-order valence-electron chi connectivity index (χ2n) is 6.25. The predicted molar refractivity (Wildman–Crippen MR) is 101 cm³/mol. The minimum absolute atomic E-state index is 0.0450. The van der Waals surface area contributed by atoms with Crippen molar-refractivity contribution in [3.05, 3.63) is 66.2 Å². The van der Waals surface area contributed by atoms with Gasteiger partial charge in [-0.1, -0.05) is 36.4 Å². The number of anilines is 1. The zero-order valence-electron chi connectivity index (χ0n) is 15.0. The molecule has 0 saturated heterocycles. The molecular formula is C21H18F3NO3. The summed E-state index contributed by atoms with van der Waals surface area (Å²) >= 11 is 0. The summed E-state index contributed by atoms with van der Waals surface area (Å²) in [5.74, 6) is -0.0310. The van der Waals surface area contributed by atoms with E-state index in [1.165, 1.54) is 12.1 Å². The lowest BCUT2D eigenvalue weighted by Gasteiger charge is -2.15. The number of nitrogens with one attached hydrogen (secondary N) is 1. The highest BCUT2D eigenvalue weighted by Gasteiger charge is 2.29. The Morgan fingerprint density at radius 1 is 0.964 bits per heavy atom. The molecule has 3 aromatic rings. The van der Waals surface area contributed by atoms with Crippen molar-refractivity contribution in [3.8, 4) is 11.5 Å². The fourth-order valence-electron chi connectivity index (χ4n) is 2.60. The Balaban J connectivity index is 1.63. The van der Waals surface area contributed by atoms with E-state index in [2.05, 4.69) is 5.32 Å². The maximum Gasteiger partial charge on any atom is 0.422 e. The van der Waals surface area contributed by atoms with Gasteiger partial charge in [0.05, 0.1) is 5.69 Å². The summed E-state index contributed by atoms with van der Waals surface area (Å²) in [4.78, 5) is 12.2. The van der Waals surface area contributed by atoms with Crippen molar-refractivity contribution in [2.24, 2.45) is 0 Å². The van der Waals surface area contributed by atoms with Crippen LogP contribution in [0.15, 0.2) is 60.7 Å². The minimum atomic E-state index is -4.47. The van der Waals surface area contributed by atoms with Crippen molar-refractivity contribution in [3.63, 3.8) is 0 Å². The number of alkyl halides is 3. The van der Waals surface area contributed by atoms with Gasteiger partial charge in [-0.15, -0.1) is 0 Å². The lowest BCUT2D eigenvalue weighted by Crippen LogP contribution is -2.22. The summed E-state index contributed by atoms with van der Waals surface area (Å²) in [5, 5.41) is 4.55. The molecule has 0 saturated carbocycles. The zero-order valence-corrected chi connectivity index (χ0v) is 15.0. The summed E-state index contributed by atoms with van der Waals surface area (Å²) < 4.78 is 47.6. The Morgan fingerprint density at radius 3 is 2.46 bits per heavy atom. The van der Waals surface area contributed by atoms with Crippen LogP contribution in [0, 0.1) is 6.92 Å². The van der Waals surface area contributed by atoms with Gasteiger partial charge in [0.1, 0.15) is 11.5 Å². The standard InChI is InChI=1S/C21H18F3NO3/c1-14-6-9-18(19(10-14)28-13-21(22,23)24)25-20(26)12-27-17-8-7-15-4-2-3-5-16(15)11-17/h2-11H,12-13H2,1H3,(H,25,26). The van der Waals surface area contributed by atoms with Crippen LogP contribution in [0.1, 0.15) is 5.56 Å². The molecule has 0 spiro atoms. The fourth-order valence-corrected chi connectivity index (χ4v) is 2.60. The lowest BCUT2D eigenvalue weighted by atomic mass is 10.1. The third-order valence-electron chi connectivity index (χ3n) is 3.89. The van der Waals surface area contributed by atoms with Gasteiger partial charge in [-0.2, -0.15) is 13.2 Å². The number of rotatable bonds is 6. The molecule has 0 bridgehead atoms. The summed E-state index contributed by atoms with van der Waals surface area (Å²) in [6.07, 6.45) is -4.47. The molecule has 0 aliphatic carbocycles. The van der Waals surface area contributed by atoms with E-state index >= 15 is 0 Å². The van der Waals surface area contributed by atoms with Crippen molar-refractivity contribution in [2.45, 2.75) is 13.1 Å². The van der Waals surface area contributed by atoms with E-state index < -0.39 is 18.7 Å². The van der Waals surface area contributed by atoms with Gasteiger partial charge in [0.2, 0.25) is 0 Å². The molecule has 146 valence electrons. The molecule has 0 aliphatic heterocycles. The molecular weight excluding hydrogens is 371 g/mol. The Bertz CT molecular complexity index is 986. The van der Waals surface area contributed by atoms with Crippen LogP contribution in [0.25, 0.3) is 10.8 Å². The average Bonchev–Trinajstić information content (AvgIpc) is 2.65. The molecule has 4 nitrogen and oxygen atoms in total. The number of hydrogen-bond donors (Lipinski definition) is 1. The first kappa shape index (κ1) is 19.5. The molecule has 28 heavy (non-hydrogen) atoms. The Kier molecular flexibility index (Phi) is 5.73. The van der Waals surface area contributed by atoms with Gasteiger partial charge in [0, 0.05) is 0 Å². The van der Waals surface area contributed by atoms with Gasteiger partial charge in [-0.05, 0) is 47.5 Å². The summed E-state index contributed by atoms with van der Waals surface area (Å²) in [6, 6.07) is 17.8. The van der Waals surface area contributed by atoms with Crippen LogP contribution < -0.4 is 14.8 Å². The molecule has 0 unspecified atom stereocenters. The van der Waals surface area contributed by atoms with Crippen LogP contribution in [0.2, 0.25) is 0 Å². The predicted octanol–water partition coefficient (Wildman–Crippen LogP) is 5.11. The van der Waals surface area contributed by atoms with Gasteiger partial charge < -0.3 is 14.8 Å². The molecule has 0 fully saturated rings. The number of benzene rings is 3. The van der Waals surface area contributed by atoms with E-state index in [4.69, 9.17) is 9.47 Å². The fraction of sp³-hybridized carbons (Fsp3) is 0.190. The Morgan fingerprint density at radius 2 is 1.71 bits per heavy atom. The van der Waals surface area contributed by atoms with Crippen molar-refractivity contribution < 1.29 is 27.4 Å². The first-order valence-electron chi connectivity index (χ1n) is 8.52. The van der Waals surface area contributed by atoms with E-state index in [0.717, 1.165) is 10.8 Å². The van der Waals surface area contributed by atoms with Crippen LogP contribution >= 0.6 is 0 Å². The van der Waals surface area contributed by atoms with E-state index in [0.29, 0.717) is 11.3 Å². The van der Waals surface area contributed by atoms with E-state index in [1.54, 1.807) is 19.1 Å².